The molecule has 0 spiro atoms. The van der Waals surface area contributed by atoms with Crippen LogP contribution >= 0.6 is 0 Å². The van der Waals surface area contributed by atoms with E-state index in [4.69, 9.17) is 0 Å². The van der Waals surface area contributed by atoms with E-state index in [1.54, 1.807) is 0 Å². The lowest BCUT2D eigenvalue weighted by Crippen LogP contribution is -2.54. The first kappa shape index (κ1) is 6.66. The molecule has 0 radical (unpaired) electrons. The zero-order valence-electron chi connectivity index (χ0n) is 6.98. The molecule has 0 aromatic rings. The fourth-order valence-electron chi connectivity index (χ4n) is 2.48. The lowest BCUT2D eigenvalue weighted by molar-refractivity contribution is 0.0266. The molecule has 1 N–H and O–H groups in total. The van der Waals surface area contributed by atoms with Gasteiger partial charge in [0, 0.05) is 6.04 Å². The predicted molar refractivity (Wildman–Crippen MR) is 42.9 cm³/mol. The van der Waals surface area contributed by atoms with E-state index in [0.29, 0.717) is 5.41 Å². The fourth-order valence-corrected chi connectivity index (χ4v) is 2.48. The Morgan fingerprint density at radius 3 is 2.90 bits per heavy atom. The van der Waals surface area contributed by atoms with Crippen molar-refractivity contribution in [3.63, 3.8) is 0 Å². The first-order valence-electron chi connectivity index (χ1n) is 4.44. The summed E-state index contributed by atoms with van der Waals surface area (Å²) in [5, 5.41) is 3.60. The minimum Gasteiger partial charge on any atom is -0.313 e. The van der Waals surface area contributed by atoms with E-state index in [1.165, 1.54) is 25.8 Å². The van der Waals surface area contributed by atoms with Crippen molar-refractivity contribution in [1.82, 2.24) is 5.32 Å². The highest BCUT2D eigenvalue weighted by atomic mass is 15.0. The predicted octanol–water partition coefficient (Wildman–Crippen LogP) is 1.78. The van der Waals surface area contributed by atoms with Gasteiger partial charge in [0.15, 0.2) is 0 Å². The molecule has 2 aliphatic heterocycles. The first-order chi connectivity index (χ1) is 4.71. The Kier molecular flexibility index (Phi) is 1.31. The van der Waals surface area contributed by atoms with Gasteiger partial charge < -0.3 is 5.32 Å². The molecular weight excluding hydrogens is 122 g/mol. The SMILES string of the molecule is CC1(C)C2CCCNC1C2. The van der Waals surface area contributed by atoms with Crippen molar-refractivity contribution < 1.29 is 0 Å². The van der Waals surface area contributed by atoms with Gasteiger partial charge in [0.2, 0.25) is 0 Å². The molecule has 3 fully saturated rings. The van der Waals surface area contributed by atoms with Gasteiger partial charge in [0.1, 0.15) is 0 Å². The summed E-state index contributed by atoms with van der Waals surface area (Å²) in [5.41, 5.74) is 0.608. The Bertz CT molecular complexity index is 122. The molecular formula is C9H17N. The number of hydrogen-bond donors (Lipinski definition) is 1. The molecule has 2 saturated heterocycles. The fraction of sp³-hybridized carbons (Fsp3) is 1.00. The van der Waals surface area contributed by atoms with Crippen molar-refractivity contribution in [2.24, 2.45) is 11.3 Å². The molecule has 1 aliphatic carbocycles. The van der Waals surface area contributed by atoms with Crippen LogP contribution in [0, 0.1) is 11.3 Å². The van der Waals surface area contributed by atoms with Gasteiger partial charge in [-0.05, 0) is 37.1 Å². The molecule has 0 amide bonds. The summed E-state index contributed by atoms with van der Waals surface area (Å²) in [6, 6.07) is 0.833. The highest BCUT2D eigenvalue weighted by Crippen LogP contribution is 2.49. The highest BCUT2D eigenvalue weighted by molar-refractivity contribution is 5.02. The Labute approximate surface area is 63.2 Å². The molecule has 2 bridgehead atoms. The van der Waals surface area contributed by atoms with Crippen molar-refractivity contribution in [2.45, 2.75) is 39.2 Å². The summed E-state index contributed by atoms with van der Waals surface area (Å²) in [4.78, 5) is 0. The topological polar surface area (TPSA) is 12.0 Å². The Balaban J connectivity index is 2.12. The average molecular weight is 139 g/mol. The molecule has 2 unspecified atom stereocenters. The zero-order chi connectivity index (χ0) is 7.19. The van der Waals surface area contributed by atoms with E-state index in [0.717, 1.165) is 12.0 Å². The van der Waals surface area contributed by atoms with E-state index in [9.17, 15) is 0 Å². The van der Waals surface area contributed by atoms with Gasteiger partial charge in [-0.25, -0.2) is 0 Å². The van der Waals surface area contributed by atoms with Crippen LogP contribution in [-0.4, -0.2) is 12.6 Å². The molecule has 0 aromatic heterocycles. The highest BCUT2D eigenvalue weighted by Gasteiger charge is 2.48. The maximum absolute atomic E-state index is 3.60. The first-order valence-corrected chi connectivity index (χ1v) is 4.44. The summed E-state index contributed by atoms with van der Waals surface area (Å²) in [5.74, 6) is 1.02. The summed E-state index contributed by atoms with van der Waals surface area (Å²) in [6.07, 6.45) is 4.29. The van der Waals surface area contributed by atoms with Crippen LogP contribution in [0.1, 0.15) is 33.1 Å². The van der Waals surface area contributed by atoms with Crippen molar-refractivity contribution in [3.8, 4) is 0 Å². The van der Waals surface area contributed by atoms with Gasteiger partial charge in [-0.1, -0.05) is 13.8 Å². The van der Waals surface area contributed by atoms with Crippen LogP contribution in [0.25, 0.3) is 0 Å². The lowest BCUT2D eigenvalue weighted by Gasteiger charge is -2.51. The third-order valence-electron chi connectivity index (χ3n) is 3.59. The van der Waals surface area contributed by atoms with Crippen LogP contribution in [0.3, 0.4) is 0 Å². The van der Waals surface area contributed by atoms with Crippen molar-refractivity contribution in [1.29, 1.82) is 0 Å². The summed E-state index contributed by atoms with van der Waals surface area (Å²) < 4.78 is 0. The summed E-state index contributed by atoms with van der Waals surface area (Å²) in [7, 11) is 0. The number of hydrogen-bond acceptors (Lipinski definition) is 1. The second-order valence-corrected chi connectivity index (χ2v) is 4.40. The van der Waals surface area contributed by atoms with Crippen LogP contribution < -0.4 is 5.32 Å². The van der Waals surface area contributed by atoms with E-state index in [1.807, 2.05) is 0 Å². The van der Waals surface area contributed by atoms with Gasteiger partial charge in [-0.3, -0.25) is 0 Å². The van der Waals surface area contributed by atoms with Crippen LogP contribution in [0.5, 0.6) is 0 Å². The second-order valence-electron chi connectivity index (χ2n) is 4.40. The minimum absolute atomic E-state index is 0.608. The summed E-state index contributed by atoms with van der Waals surface area (Å²) >= 11 is 0. The standard InChI is InChI=1S/C9H17N/c1-9(2)7-4-3-5-10-8(9)6-7/h7-8,10H,3-6H2,1-2H3. The molecule has 58 valence electrons. The van der Waals surface area contributed by atoms with Crippen LogP contribution in [0.2, 0.25) is 0 Å². The van der Waals surface area contributed by atoms with Crippen molar-refractivity contribution in [2.75, 3.05) is 6.54 Å². The van der Waals surface area contributed by atoms with Crippen LogP contribution in [0.15, 0.2) is 0 Å². The maximum Gasteiger partial charge on any atom is 0.0124 e. The lowest BCUT2D eigenvalue weighted by atomic mass is 9.58. The normalized spacial score (nSPS) is 43.8. The Hall–Kier alpha value is -0.0400. The quantitative estimate of drug-likeness (QED) is 0.539. The molecule has 0 aromatic carbocycles. The van der Waals surface area contributed by atoms with Crippen molar-refractivity contribution in [3.05, 3.63) is 0 Å². The minimum atomic E-state index is 0.608. The van der Waals surface area contributed by atoms with Crippen molar-refractivity contribution >= 4 is 0 Å². The van der Waals surface area contributed by atoms with E-state index in [2.05, 4.69) is 19.2 Å². The molecule has 10 heavy (non-hydrogen) atoms. The molecule has 1 nitrogen and oxygen atoms in total. The maximum atomic E-state index is 3.60. The Morgan fingerprint density at radius 2 is 2.20 bits per heavy atom. The van der Waals surface area contributed by atoms with E-state index < -0.39 is 0 Å². The molecule has 2 atom stereocenters. The van der Waals surface area contributed by atoms with Gasteiger partial charge in [-0.2, -0.15) is 0 Å². The number of nitrogens with one attached hydrogen (secondary N) is 1. The van der Waals surface area contributed by atoms with Gasteiger partial charge in [0.25, 0.3) is 0 Å². The van der Waals surface area contributed by atoms with Gasteiger partial charge in [0.05, 0.1) is 0 Å². The number of rotatable bonds is 0. The molecule has 3 rings (SSSR count). The van der Waals surface area contributed by atoms with E-state index in [-0.39, 0.29) is 0 Å². The molecule has 3 aliphatic rings. The number of fused-ring (bicyclic) bond motifs is 3. The van der Waals surface area contributed by atoms with Crippen LogP contribution in [-0.2, 0) is 0 Å². The molecule has 1 saturated carbocycles. The monoisotopic (exact) mass is 139 g/mol. The van der Waals surface area contributed by atoms with Crippen LogP contribution in [0.4, 0.5) is 0 Å². The largest absolute Gasteiger partial charge is 0.313 e. The zero-order valence-corrected chi connectivity index (χ0v) is 6.98. The average Bonchev–Trinajstić information content (AvgIpc) is 2.17. The third-order valence-corrected chi connectivity index (χ3v) is 3.59. The summed E-state index contributed by atoms with van der Waals surface area (Å²) in [6.45, 7) is 6.07. The van der Waals surface area contributed by atoms with Gasteiger partial charge >= 0.3 is 0 Å². The smallest absolute Gasteiger partial charge is 0.0124 e. The van der Waals surface area contributed by atoms with E-state index >= 15 is 0 Å². The van der Waals surface area contributed by atoms with Gasteiger partial charge in [-0.15, -0.1) is 0 Å². The Morgan fingerprint density at radius 1 is 1.40 bits per heavy atom. The third kappa shape index (κ3) is 0.731. The molecule has 1 heteroatoms. The molecule has 2 heterocycles. The second kappa shape index (κ2) is 1.97.